The molecule has 2 aromatic carbocycles. The molecule has 0 radical (unpaired) electrons. The van der Waals surface area contributed by atoms with Gasteiger partial charge in [0.15, 0.2) is 0 Å². The monoisotopic (exact) mass is 383 g/mol. The third-order valence-electron chi connectivity index (χ3n) is 3.44. The van der Waals surface area contributed by atoms with Crippen molar-refractivity contribution in [2.75, 3.05) is 11.9 Å². The summed E-state index contributed by atoms with van der Waals surface area (Å²) in [7, 11) is 0. The van der Waals surface area contributed by atoms with Crippen LogP contribution in [0.15, 0.2) is 42.5 Å². The number of ether oxygens (including phenoxy) is 1. The zero-order chi connectivity index (χ0) is 20.0. The Hall–Kier alpha value is -3.10. The van der Waals surface area contributed by atoms with E-state index < -0.39 is 18.1 Å². The van der Waals surface area contributed by atoms with Gasteiger partial charge in [0.2, 0.25) is 0 Å². The van der Waals surface area contributed by atoms with E-state index in [4.69, 9.17) is 10.1 Å². The van der Waals surface area contributed by atoms with Gasteiger partial charge in [-0.15, -0.1) is 0 Å². The molecule has 0 spiro atoms. The Labute approximate surface area is 152 Å². The summed E-state index contributed by atoms with van der Waals surface area (Å²) in [6.45, 7) is 1.20. The molecule has 1 atom stereocenters. The number of rotatable bonds is 7. The number of hydrogen-bond acceptors (Lipinski definition) is 4. The molecule has 1 amide bonds. The van der Waals surface area contributed by atoms with Crippen LogP contribution in [0.3, 0.4) is 0 Å². The number of nitrogens with one attached hydrogen (secondary N) is 3. The van der Waals surface area contributed by atoms with Crippen LogP contribution in [0, 0.1) is 11.2 Å². The van der Waals surface area contributed by atoms with Crippen molar-refractivity contribution in [3.05, 3.63) is 53.8 Å². The maximum Gasteiger partial charge on any atom is 0.471 e. The summed E-state index contributed by atoms with van der Waals surface area (Å²) in [4.78, 5) is 10.9. The minimum atomic E-state index is -4.95. The Kier molecular flexibility index (Phi) is 6.38. The van der Waals surface area contributed by atoms with Gasteiger partial charge >= 0.3 is 12.1 Å². The number of carbonyl (C=O) groups excluding carboxylic acids is 1. The van der Waals surface area contributed by atoms with Crippen molar-refractivity contribution in [2.24, 2.45) is 0 Å². The van der Waals surface area contributed by atoms with Crippen LogP contribution >= 0.6 is 0 Å². The van der Waals surface area contributed by atoms with E-state index in [0.717, 1.165) is 6.21 Å². The van der Waals surface area contributed by atoms with E-state index in [2.05, 4.69) is 5.32 Å². The van der Waals surface area contributed by atoms with Gasteiger partial charge in [-0.3, -0.25) is 4.79 Å². The molecule has 0 heterocycles. The van der Waals surface area contributed by atoms with E-state index in [-0.39, 0.29) is 12.4 Å². The minimum Gasteiger partial charge on any atom is -0.491 e. The fourth-order valence-electron chi connectivity index (χ4n) is 2.12. The third-order valence-corrected chi connectivity index (χ3v) is 3.44. The van der Waals surface area contributed by atoms with Crippen molar-refractivity contribution in [2.45, 2.75) is 19.1 Å². The Bertz CT molecular complexity index is 807. The molecular weight excluding hydrogens is 366 g/mol. The van der Waals surface area contributed by atoms with Crippen molar-refractivity contribution in [1.82, 2.24) is 5.32 Å². The lowest BCUT2D eigenvalue weighted by atomic mass is 10.1. The van der Waals surface area contributed by atoms with Crippen LogP contribution in [0.2, 0.25) is 0 Å². The van der Waals surface area contributed by atoms with Crippen molar-refractivity contribution in [3.63, 3.8) is 0 Å². The Morgan fingerprint density at radius 1 is 1.22 bits per heavy atom. The normalized spacial score (nSPS) is 12.2. The Morgan fingerprint density at radius 3 is 2.48 bits per heavy atom. The number of hydrogen-bond donors (Lipinski definition) is 3. The molecule has 0 aliphatic heterocycles. The lowest BCUT2D eigenvalue weighted by Gasteiger charge is -2.17. The summed E-state index contributed by atoms with van der Waals surface area (Å²) in [6, 6.07) is 9.52. The molecule has 0 fully saturated rings. The van der Waals surface area contributed by atoms with Crippen LogP contribution in [-0.2, 0) is 4.79 Å². The molecule has 5 nitrogen and oxygen atoms in total. The summed E-state index contributed by atoms with van der Waals surface area (Å²) in [5.41, 5.74) is 1.66. The van der Waals surface area contributed by atoms with Gasteiger partial charge in [0.25, 0.3) is 0 Å². The number of halogens is 4. The first kappa shape index (κ1) is 20.2. The highest BCUT2D eigenvalue weighted by Crippen LogP contribution is 2.24. The maximum atomic E-state index is 12.9. The van der Waals surface area contributed by atoms with E-state index in [9.17, 15) is 22.4 Å². The molecule has 2 aromatic rings. The second-order valence-corrected chi connectivity index (χ2v) is 5.71. The first-order chi connectivity index (χ1) is 12.7. The standard InChI is InChI=1S/C18H17F4N3O2/c1-11(24-17(26)18(20,21)22)10-27-15-6-7-16(12(8-15)9-23)25-14-4-2-13(19)3-5-14/h2-9,11,23,25H,10H2,1H3,(H,24,26)/t11-/m0/s1. The van der Waals surface area contributed by atoms with E-state index in [1.807, 2.05) is 0 Å². The smallest absolute Gasteiger partial charge is 0.471 e. The van der Waals surface area contributed by atoms with Crippen molar-refractivity contribution in [3.8, 4) is 5.75 Å². The van der Waals surface area contributed by atoms with Crippen LogP contribution in [0.4, 0.5) is 28.9 Å². The summed E-state index contributed by atoms with van der Waals surface area (Å²) >= 11 is 0. The average Bonchev–Trinajstić information content (AvgIpc) is 2.61. The average molecular weight is 383 g/mol. The van der Waals surface area contributed by atoms with Crippen LogP contribution in [0.1, 0.15) is 12.5 Å². The minimum absolute atomic E-state index is 0.177. The summed E-state index contributed by atoms with van der Waals surface area (Å²) < 4.78 is 55.0. The van der Waals surface area contributed by atoms with Crippen LogP contribution in [0.5, 0.6) is 5.75 Å². The molecular formula is C18H17F4N3O2. The molecule has 0 aliphatic rings. The second kappa shape index (κ2) is 8.52. The predicted molar refractivity (Wildman–Crippen MR) is 93.2 cm³/mol. The zero-order valence-corrected chi connectivity index (χ0v) is 14.2. The largest absolute Gasteiger partial charge is 0.491 e. The molecule has 27 heavy (non-hydrogen) atoms. The van der Waals surface area contributed by atoms with Gasteiger partial charge in [-0.1, -0.05) is 0 Å². The fraction of sp³-hybridized carbons (Fsp3) is 0.222. The predicted octanol–water partition coefficient (Wildman–Crippen LogP) is 4.01. The lowest BCUT2D eigenvalue weighted by molar-refractivity contribution is -0.174. The fourth-order valence-corrected chi connectivity index (χ4v) is 2.12. The quantitative estimate of drug-likeness (QED) is 0.500. The van der Waals surface area contributed by atoms with E-state index in [0.29, 0.717) is 22.7 Å². The zero-order valence-electron chi connectivity index (χ0n) is 14.2. The number of anilines is 2. The Balaban J connectivity index is 2.00. The number of amides is 1. The molecule has 0 saturated heterocycles. The summed E-state index contributed by atoms with van der Waals surface area (Å²) in [6.07, 6.45) is -3.87. The highest BCUT2D eigenvalue weighted by Gasteiger charge is 2.39. The first-order valence-corrected chi connectivity index (χ1v) is 7.86. The maximum absolute atomic E-state index is 12.9. The number of carbonyl (C=O) groups is 1. The van der Waals surface area contributed by atoms with Gasteiger partial charge < -0.3 is 20.8 Å². The molecule has 144 valence electrons. The van der Waals surface area contributed by atoms with Crippen molar-refractivity contribution >= 4 is 23.5 Å². The topological polar surface area (TPSA) is 74.2 Å². The van der Waals surface area contributed by atoms with Gasteiger partial charge in [0.05, 0.1) is 6.04 Å². The SMILES string of the molecule is C[C@@H](COc1ccc(Nc2ccc(F)cc2)c(C=N)c1)NC(=O)C(F)(F)F. The molecule has 2 rings (SSSR count). The molecule has 0 saturated carbocycles. The molecule has 0 bridgehead atoms. The van der Waals surface area contributed by atoms with Crippen molar-refractivity contribution < 1.29 is 27.1 Å². The van der Waals surface area contributed by atoms with Crippen LogP contribution in [-0.4, -0.2) is 30.9 Å². The van der Waals surface area contributed by atoms with Gasteiger partial charge in [0.1, 0.15) is 18.2 Å². The first-order valence-electron chi connectivity index (χ1n) is 7.86. The molecule has 9 heteroatoms. The number of benzene rings is 2. The van der Waals surface area contributed by atoms with E-state index in [1.165, 1.54) is 25.1 Å². The van der Waals surface area contributed by atoms with Gasteiger partial charge in [-0.05, 0) is 49.4 Å². The van der Waals surface area contributed by atoms with E-state index >= 15 is 0 Å². The van der Waals surface area contributed by atoms with E-state index in [1.54, 1.807) is 29.6 Å². The molecule has 0 unspecified atom stereocenters. The second-order valence-electron chi connectivity index (χ2n) is 5.71. The van der Waals surface area contributed by atoms with Gasteiger partial charge in [-0.25, -0.2) is 4.39 Å². The van der Waals surface area contributed by atoms with Gasteiger partial charge in [0, 0.05) is 23.2 Å². The van der Waals surface area contributed by atoms with Gasteiger partial charge in [-0.2, -0.15) is 13.2 Å². The van der Waals surface area contributed by atoms with Crippen LogP contribution in [0.25, 0.3) is 0 Å². The Morgan fingerprint density at radius 2 is 1.89 bits per heavy atom. The highest BCUT2D eigenvalue weighted by molar-refractivity contribution is 5.88. The summed E-state index contributed by atoms with van der Waals surface area (Å²) in [5.74, 6) is -2.08. The highest BCUT2D eigenvalue weighted by atomic mass is 19.4. The van der Waals surface area contributed by atoms with Crippen molar-refractivity contribution in [1.29, 1.82) is 5.41 Å². The molecule has 0 aliphatic carbocycles. The number of alkyl halides is 3. The third kappa shape index (κ3) is 5.98. The molecule has 0 aromatic heterocycles. The van der Waals surface area contributed by atoms with Crippen LogP contribution < -0.4 is 15.4 Å². The molecule has 3 N–H and O–H groups in total. The summed E-state index contributed by atoms with van der Waals surface area (Å²) in [5, 5.41) is 12.3. The lowest BCUT2D eigenvalue weighted by Crippen LogP contribution is -2.44.